The SMILES string of the molecule is CC(C)c1ccc(C2=CN=CC2)nc1. The molecular formula is C12H14N2. The largest absolute Gasteiger partial charge is 0.268 e. The van der Waals surface area contributed by atoms with Crippen molar-refractivity contribution >= 4 is 11.8 Å². The molecule has 2 nitrogen and oxygen atoms in total. The Balaban J connectivity index is 2.22. The highest BCUT2D eigenvalue weighted by atomic mass is 14.7. The van der Waals surface area contributed by atoms with Crippen molar-refractivity contribution in [2.45, 2.75) is 26.2 Å². The molecule has 0 fully saturated rings. The smallest absolute Gasteiger partial charge is 0.0680 e. The van der Waals surface area contributed by atoms with Gasteiger partial charge in [0.2, 0.25) is 0 Å². The van der Waals surface area contributed by atoms with Gasteiger partial charge >= 0.3 is 0 Å². The number of rotatable bonds is 2. The number of hydrogen-bond donors (Lipinski definition) is 0. The van der Waals surface area contributed by atoms with Crippen LogP contribution in [0.4, 0.5) is 0 Å². The van der Waals surface area contributed by atoms with Gasteiger partial charge < -0.3 is 0 Å². The van der Waals surface area contributed by atoms with Gasteiger partial charge in [0.05, 0.1) is 5.69 Å². The molecule has 0 spiro atoms. The van der Waals surface area contributed by atoms with Gasteiger partial charge in [-0.1, -0.05) is 19.9 Å². The first-order valence-electron chi connectivity index (χ1n) is 4.94. The van der Waals surface area contributed by atoms with Crippen LogP contribution in [0.3, 0.4) is 0 Å². The highest BCUT2D eigenvalue weighted by Crippen LogP contribution is 2.20. The van der Waals surface area contributed by atoms with Gasteiger partial charge in [0.1, 0.15) is 0 Å². The summed E-state index contributed by atoms with van der Waals surface area (Å²) in [6, 6.07) is 4.22. The van der Waals surface area contributed by atoms with Crippen LogP contribution < -0.4 is 0 Å². The van der Waals surface area contributed by atoms with Crippen molar-refractivity contribution in [1.29, 1.82) is 0 Å². The first kappa shape index (κ1) is 9.13. The predicted molar refractivity (Wildman–Crippen MR) is 59.4 cm³/mol. The Morgan fingerprint density at radius 1 is 1.29 bits per heavy atom. The van der Waals surface area contributed by atoms with E-state index in [9.17, 15) is 0 Å². The Morgan fingerprint density at radius 3 is 2.64 bits per heavy atom. The van der Waals surface area contributed by atoms with Gasteiger partial charge in [0.25, 0.3) is 0 Å². The molecule has 2 rings (SSSR count). The molecule has 72 valence electrons. The second-order valence-corrected chi connectivity index (χ2v) is 3.82. The summed E-state index contributed by atoms with van der Waals surface area (Å²) in [6.07, 6.45) is 6.66. The molecule has 0 amide bonds. The van der Waals surface area contributed by atoms with Crippen LogP contribution in [-0.2, 0) is 0 Å². The third-order valence-corrected chi connectivity index (χ3v) is 2.43. The zero-order chi connectivity index (χ0) is 9.97. The molecule has 1 aromatic heterocycles. The van der Waals surface area contributed by atoms with Gasteiger partial charge in [-0.3, -0.25) is 9.98 Å². The van der Waals surface area contributed by atoms with E-state index in [1.807, 2.05) is 18.6 Å². The van der Waals surface area contributed by atoms with Crippen LogP contribution in [0.15, 0.2) is 29.5 Å². The molecule has 1 aliphatic rings. The van der Waals surface area contributed by atoms with Crippen LogP contribution in [0.5, 0.6) is 0 Å². The van der Waals surface area contributed by atoms with Crippen LogP contribution in [0.25, 0.3) is 5.57 Å². The quantitative estimate of drug-likeness (QED) is 0.697. The minimum Gasteiger partial charge on any atom is -0.268 e. The molecular weight excluding hydrogens is 172 g/mol. The van der Waals surface area contributed by atoms with Gasteiger partial charge in [-0.15, -0.1) is 0 Å². The second-order valence-electron chi connectivity index (χ2n) is 3.82. The van der Waals surface area contributed by atoms with Crippen LogP contribution in [0.1, 0.15) is 37.4 Å². The van der Waals surface area contributed by atoms with E-state index in [0.29, 0.717) is 5.92 Å². The van der Waals surface area contributed by atoms with Crippen LogP contribution >= 0.6 is 0 Å². The maximum atomic E-state index is 4.43. The summed E-state index contributed by atoms with van der Waals surface area (Å²) in [5.74, 6) is 0.547. The molecule has 1 aromatic rings. The van der Waals surface area contributed by atoms with Crippen molar-refractivity contribution in [3.05, 3.63) is 35.8 Å². The standard InChI is InChI=1S/C12H14N2/c1-9(2)10-3-4-12(14-8-10)11-5-6-13-7-11/h3-4,6-9H,5H2,1-2H3. The van der Waals surface area contributed by atoms with E-state index in [2.05, 4.69) is 36.0 Å². The van der Waals surface area contributed by atoms with E-state index in [4.69, 9.17) is 0 Å². The van der Waals surface area contributed by atoms with Gasteiger partial charge in [-0.2, -0.15) is 0 Å². The van der Waals surface area contributed by atoms with E-state index >= 15 is 0 Å². The summed E-state index contributed by atoms with van der Waals surface area (Å²) in [5.41, 5.74) is 3.54. The van der Waals surface area contributed by atoms with Crippen LogP contribution in [0.2, 0.25) is 0 Å². The molecule has 0 aromatic carbocycles. The number of hydrogen-bond acceptors (Lipinski definition) is 2. The Kier molecular flexibility index (Phi) is 2.44. The summed E-state index contributed by atoms with van der Waals surface area (Å²) in [6.45, 7) is 4.35. The van der Waals surface area contributed by atoms with Crippen molar-refractivity contribution in [3.8, 4) is 0 Å². The molecule has 2 heteroatoms. The summed E-state index contributed by atoms with van der Waals surface area (Å²) in [7, 11) is 0. The average Bonchev–Trinajstić information content (AvgIpc) is 2.71. The predicted octanol–water partition coefficient (Wildman–Crippen LogP) is 3.02. The van der Waals surface area contributed by atoms with E-state index < -0.39 is 0 Å². The van der Waals surface area contributed by atoms with E-state index in [1.165, 1.54) is 11.1 Å². The summed E-state index contributed by atoms with van der Waals surface area (Å²) < 4.78 is 0. The first-order valence-corrected chi connectivity index (χ1v) is 4.94. The summed E-state index contributed by atoms with van der Waals surface area (Å²) >= 11 is 0. The van der Waals surface area contributed by atoms with Crippen molar-refractivity contribution < 1.29 is 0 Å². The zero-order valence-electron chi connectivity index (χ0n) is 8.57. The van der Waals surface area contributed by atoms with Crippen molar-refractivity contribution in [2.75, 3.05) is 0 Å². The fourth-order valence-electron chi connectivity index (χ4n) is 1.45. The third-order valence-electron chi connectivity index (χ3n) is 2.43. The fourth-order valence-corrected chi connectivity index (χ4v) is 1.45. The summed E-state index contributed by atoms with van der Waals surface area (Å²) in [5, 5.41) is 0. The molecule has 0 bridgehead atoms. The number of nitrogens with zero attached hydrogens (tertiary/aromatic N) is 2. The van der Waals surface area contributed by atoms with Gasteiger partial charge in [-0.05, 0) is 17.5 Å². The highest BCUT2D eigenvalue weighted by Gasteiger charge is 2.06. The van der Waals surface area contributed by atoms with Gasteiger partial charge in [-0.25, -0.2) is 0 Å². The van der Waals surface area contributed by atoms with Crippen molar-refractivity contribution in [3.63, 3.8) is 0 Å². The Morgan fingerprint density at radius 2 is 2.14 bits per heavy atom. The topological polar surface area (TPSA) is 25.2 Å². The second kappa shape index (κ2) is 3.74. The third kappa shape index (κ3) is 1.74. The minimum atomic E-state index is 0.547. The van der Waals surface area contributed by atoms with E-state index in [0.717, 1.165) is 12.1 Å². The number of allylic oxidation sites excluding steroid dienone is 1. The lowest BCUT2D eigenvalue weighted by Crippen LogP contribution is -1.92. The Bertz CT molecular complexity index is 372. The Labute approximate surface area is 84.4 Å². The lowest BCUT2D eigenvalue weighted by atomic mass is 10.0. The van der Waals surface area contributed by atoms with Gasteiger partial charge in [0.15, 0.2) is 0 Å². The lowest BCUT2D eigenvalue weighted by molar-refractivity contribution is 0.857. The molecule has 14 heavy (non-hydrogen) atoms. The highest BCUT2D eigenvalue weighted by molar-refractivity contribution is 5.83. The number of pyridine rings is 1. The fraction of sp³-hybridized carbons (Fsp3) is 0.333. The van der Waals surface area contributed by atoms with Crippen LogP contribution in [-0.4, -0.2) is 11.2 Å². The normalized spacial score (nSPS) is 14.9. The van der Waals surface area contributed by atoms with E-state index in [1.54, 1.807) is 0 Å². The number of aliphatic imine (C=N–C) groups is 1. The molecule has 0 saturated carbocycles. The lowest BCUT2D eigenvalue weighted by Gasteiger charge is -2.05. The monoisotopic (exact) mass is 186 g/mol. The maximum absolute atomic E-state index is 4.43. The Hall–Kier alpha value is -1.44. The maximum Gasteiger partial charge on any atom is 0.0680 e. The molecule has 0 aliphatic carbocycles. The molecule has 2 heterocycles. The van der Waals surface area contributed by atoms with E-state index in [-0.39, 0.29) is 0 Å². The molecule has 0 saturated heterocycles. The molecule has 1 aliphatic heterocycles. The van der Waals surface area contributed by atoms with Crippen molar-refractivity contribution in [1.82, 2.24) is 4.98 Å². The molecule has 0 atom stereocenters. The van der Waals surface area contributed by atoms with Crippen molar-refractivity contribution in [2.24, 2.45) is 4.99 Å². The summed E-state index contributed by atoms with van der Waals surface area (Å²) in [4.78, 5) is 8.51. The van der Waals surface area contributed by atoms with Crippen LogP contribution in [0, 0.1) is 0 Å². The molecule has 0 N–H and O–H groups in total. The van der Waals surface area contributed by atoms with Gasteiger partial charge in [0, 0.05) is 30.6 Å². The number of aromatic nitrogens is 1. The molecule has 0 unspecified atom stereocenters. The first-order chi connectivity index (χ1) is 6.77. The average molecular weight is 186 g/mol. The molecule has 0 radical (unpaired) electrons. The zero-order valence-corrected chi connectivity index (χ0v) is 8.57. The minimum absolute atomic E-state index is 0.547.